The largest absolute Gasteiger partial charge is 1.00 e. The van der Waals surface area contributed by atoms with Crippen molar-refractivity contribution in [2.24, 2.45) is 0 Å². The highest BCUT2D eigenvalue weighted by atomic mass is 35.5. The molecule has 0 heterocycles. The first-order valence-electron chi connectivity index (χ1n) is 6.73. The van der Waals surface area contributed by atoms with Crippen LogP contribution in [0.1, 0.15) is 46.5 Å². The summed E-state index contributed by atoms with van der Waals surface area (Å²) in [5.74, 6) is 0.356. The summed E-state index contributed by atoms with van der Waals surface area (Å²) in [4.78, 5) is 0. The van der Waals surface area contributed by atoms with Crippen LogP contribution >= 0.6 is 11.6 Å². The van der Waals surface area contributed by atoms with Crippen molar-refractivity contribution in [1.29, 1.82) is 0 Å². The monoisotopic (exact) mass is 285 g/mol. The maximum absolute atomic E-state index is 9.71. The van der Waals surface area contributed by atoms with Crippen LogP contribution < -0.4 is 12.4 Å². The minimum Gasteiger partial charge on any atom is -1.00 e. The predicted molar refractivity (Wildman–Crippen MR) is 71.9 cm³/mol. The minimum atomic E-state index is -0.354. The molecule has 0 rings (SSSR count). The van der Waals surface area contributed by atoms with Gasteiger partial charge in [0.25, 0.3) is 0 Å². The van der Waals surface area contributed by atoms with Crippen molar-refractivity contribution in [3.05, 3.63) is 0 Å². The van der Waals surface area contributed by atoms with E-state index in [0.717, 1.165) is 24.1 Å². The number of hydrogen-bond acceptors (Lipinski definition) is 1. The van der Waals surface area contributed by atoms with Crippen molar-refractivity contribution in [2.75, 3.05) is 32.1 Å². The van der Waals surface area contributed by atoms with Crippen LogP contribution in [0, 0.1) is 0 Å². The summed E-state index contributed by atoms with van der Waals surface area (Å²) >= 11 is 5.70. The third kappa shape index (κ3) is 8.25. The number of alkyl halides is 1. The van der Waals surface area contributed by atoms with Gasteiger partial charge in [-0.15, -0.1) is 11.6 Å². The molecule has 0 aromatic heterocycles. The molecule has 0 aliphatic rings. The number of hydrogen-bond donors (Lipinski definition) is 1. The van der Waals surface area contributed by atoms with Crippen molar-refractivity contribution in [3.63, 3.8) is 0 Å². The molecule has 17 heavy (non-hydrogen) atoms. The summed E-state index contributed by atoms with van der Waals surface area (Å²) in [6, 6.07) is 0. The van der Waals surface area contributed by atoms with Crippen molar-refractivity contribution >= 4 is 11.6 Å². The molecule has 1 atom stereocenters. The fourth-order valence-corrected chi connectivity index (χ4v) is 2.36. The van der Waals surface area contributed by atoms with Crippen LogP contribution in [0.2, 0.25) is 0 Å². The third-order valence-corrected chi connectivity index (χ3v) is 3.96. The van der Waals surface area contributed by atoms with E-state index < -0.39 is 0 Å². The van der Waals surface area contributed by atoms with Gasteiger partial charge < -0.3 is 22.0 Å². The molecule has 2 nitrogen and oxygen atoms in total. The zero-order valence-electron chi connectivity index (χ0n) is 11.6. The number of nitrogens with zero attached hydrogens (tertiary/aromatic N) is 1. The van der Waals surface area contributed by atoms with Gasteiger partial charge in [0, 0.05) is 0 Å². The zero-order valence-corrected chi connectivity index (χ0v) is 13.1. The molecular formula is C13H29Cl2NO. The van der Waals surface area contributed by atoms with E-state index in [-0.39, 0.29) is 18.5 Å². The summed E-state index contributed by atoms with van der Waals surface area (Å²) in [6.45, 7) is 10.8. The second kappa shape index (κ2) is 11.6. The van der Waals surface area contributed by atoms with Crippen LogP contribution in [0.15, 0.2) is 0 Å². The third-order valence-electron chi connectivity index (χ3n) is 3.60. The van der Waals surface area contributed by atoms with Gasteiger partial charge in [0.15, 0.2) is 0 Å². The maximum Gasteiger partial charge on any atom is 0.116 e. The van der Waals surface area contributed by atoms with E-state index in [0.29, 0.717) is 5.88 Å². The topological polar surface area (TPSA) is 20.2 Å². The van der Waals surface area contributed by atoms with Crippen LogP contribution in [0.25, 0.3) is 0 Å². The maximum atomic E-state index is 9.71. The smallest absolute Gasteiger partial charge is 0.116 e. The lowest BCUT2D eigenvalue weighted by Gasteiger charge is -2.38. The molecule has 4 heteroatoms. The standard InChI is InChI=1S/C13H29ClNO.ClH/c1-4-7-8-9-10-15(5-2,6-3)12-13(16)11-14;/h13,16H,4-12H2,1-3H3;1H/q+1;/p-1. The Kier molecular flexibility index (Phi) is 13.5. The molecule has 0 aliphatic carbocycles. The highest BCUT2D eigenvalue weighted by Crippen LogP contribution is 2.12. The normalized spacial score (nSPS) is 13.2. The van der Waals surface area contributed by atoms with Gasteiger partial charge in [-0.3, -0.25) is 0 Å². The Morgan fingerprint density at radius 3 is 2.06 bits per heavy atom. The van der Waals surface area contributed by atoms with Gasteiger partial charge in [0.1, 0.15) is 12.6 Å². The molecule has 0 radical (unpaired) electrons. The molecule has 1 unspecified atom stereocenters. The average molecular weight is 286 g/mol. The van der Waals surface area contributed by atoms with Gasteiger partial charge in [-0.2, -0.15) is 0 Å². The number of unbranched alkanes of at least 4 members (excludes halogenated alkanes) is 3. The zero-order chi connectivity index (χ0) is 12.4. The van der Waals surface area contributed by atoms with Crippen LogP contribution in [0.4, 0.5) is 0 Å². The first kappa shape index (κ1) is 19.8. The van der Waals surface area contributed by atoms with Crippen molar-refractivity contribution in [2.45, 2.75) is 52.6 Å². The molecule has 106 valence electrons. The van der Waals surface area contributed by atoms with Gasteiger partial charge >= 0.3 is 0 Å². The van der Waals surface area contributed by atoms with Crippen LogP contribution in [-0.4, -0.2) is 47.8 Å². The van der Waals surface area contributed by atoms with E-state index in [4.69, 9.17) is 11.6 Å². The number of likely N-dealkylation sites (N-methyl/N-ethyl adjacent to an activating group) is 1. The molecule has 0 amide bonds. The lowest BCUT2D eigenvalue weighted by Crippen LogP contribution is -3.00. The Balaban J connectivity index is 0. The Labute approximate surface area is 118 Å². The summed E-state index contributed by atoms with van der Waals surface area (Å²) in [7, 11) is 0. The molecule has 0 bridgehead atoms. The number of aliphatic hydroxyl groups excluding tert-OH is 1. The van der Waals surface area contributed by atoms with E-state index in [2.05, 4.69) is 20.8 Å². The van der Waals surface area contributed by atoms with Gasteiger partial charge in [-0.1, -0.05) is 19.8 Å². The molecule has 1 N–H and O–H groups in total. The van der Waals surface area contributed by atoms with Crippen LogP contribution in [0.3, 0.4) is 0 Å². The molecule has 0 fully saturated rings. The Hall–Kier alpha value is 0.500. The first-order chi connectivity index (χ1) is 7.64. The average Bonchev–Trinajstić information content (AvgIpc) is 2.33. The van der Waals surface area contributed by atoms with Crippen molar-refractivity contribution in [3.8, 4) is 0 Å². The number of quaternary nitrogens is 1. The van der Waals surface area contributed by atoms with Crippen molar-refractivity contribution in [1.82, 2.24) is 0 Å². The van der Waals surface area contributed by atoms with Gasteiger partial charge in [-0.05, 0) is 26.7 Å². The first-order valence-corrected chi connectivity index (χ1v) is 7.26. The fourth-order valence-electron chi connectivity index (χ4n) is 2.26. The van der Waals surface area contributed by atoms with E-state index in [1.165, 1.54) is 32.2 Å². The minimum absolute atomic E-state index is 0. The molecule has 0 saturated heterocycles. The lowest BCUT2D eigenvalue weighted by molar-refractivity contribution is -0.927. The molecule has 0 spiro atoms. The summed E-state index contributed by atoms with van der Waals surface area (Å²) < 4.78 is 1.01. The highest BCUT2D eigenvalue weighted by molar-refractivity contribution is 6.18. The van der Waals surface area contributed by atoms with E-state index in [9.17, 15) is 5.11 Å². The molecular weight excluding hydrogens is 257 g/mol. The van der Waals surface area contributed by atoms with Gasteiger partial charge in [0.2, 0.25) is 0 Å². The number of halogens is 2. The summed E-state index contributed by atoms with van der Waals surface area (Å²) in [5.41, 5.74) is 0. The second-order valence-electron chi connectivity index (χ2n) is 4.75. The SMILES string of the molecule is CCCCCC[N+](CC)(CC)CC(O)CCl.[Cl-]. The molecule has 0 saturated carbocycles. The molecule has 0 aliphatic heterocycles. The summed E-state index contributed by atoms with van der Waals surface area (Å²) in [5, 5.41) is 9.71. The van der Waals surface area contributed by atoms with Crippen LogP contribution in [-0.2, 0) is 0 Å². The van der Waals surface area contributed by atoms with E-state index in [1.807, 2.05) is 0 Å². The lowest BCUT2D eigenvalue weighted by atomic mass is 10.1. The second-order valence-corrected chi connectivity index (χ2v) is 5.06. The summed E-state index contributed by atoms with van der Waals surface area (Å²) in [6.07, 6.45) is 4.83. The number of aliphatic hydroxyl groups is 1. The number of rotatable bonds is 10. The van der Waals surface area contributed by atoms with Crippen LogP contribution in [0.5, 0.6) is 0 Å². The quantitative estimate of drug-likeness (QED) is 0.341. The van der Waals surface area contributed by atoms with Gasteiger partial charge in [-0.25, -0.2) is 0 Å². The van der Waals surface area contributed by atoms with Gasteiger partial charge in [0.05, 0.1) is 25.5 Å². The Bertz CT molecular complexity index is 163. The van der Waals surface area contributed by atoms with E-state index >= 15 is 0 Å². The molecule has 0 aromatic carbocycles. The Morgan fingerprint density at radius 1 is 1.06 bits per heavy atom. The molecule has 0 aromatic rings. The van der Waals surface area contributed by atoms with E-state index in [1.54, 1.807) is 0 Å². The fraction of sp³-hybridized carbons (Fsp3) is 1.00. The Morgan fingerprint density at radius 2 is 1.65 bits per heavy atom. The predicted octanol–water partition coefficient (Wildman–Crippen LogP) is 0.0270. The van der Waals surface area contributed by atoms with Crippen molar-refractivity contribution < 1.29 is 22.0 Å². The highest BCUT2D eigenvalue weighted by Gasteiger charge is 2.25.